The van der Waals surface area contributed by atoms with Gasteiger partial charge in [-0.15, -0.1) is 13.0 Å². The normalized spacial score (nSPS) is 12.4. The Bertz CT molecular complexity index is 929. The van der Waals surface area contributed by atoms with Gasteiger partial charge in [-0.3, -0.25) is 14.4 Å². The van der Waals surface area contributed by atoms with Crippen LogP contribution in [0.25, 0.3) is 0 Å². The molecule has 33 heavy (non-hydrogen) atoms. The molecule has 178 valence electrons. The quantitative estimate of drug-likeness (QED) is 0.333. The highest BCUT2D eigenvalue weighted by Gasteiger charge is 2.35. The second-order valence-electron chi connectivity index (χ2n) is 8.08. The molecule has 1 aromatic carbocycles. The van der Waals surface area contributed by atoms with Gasteiger partial charge in [0.15, 0.2) is 0 Å². The van der Waals surface area contributed by atoms with Gasteiger partial charge in [-0.05, 0) is 39.3 Å². The predicted molar refractivity (Wildman–Crippen MR) is 123 cm³/mol. The molecule has 0 fully saturated rings. The fourth-order valence-electron chi connectivity index (χ4n) is 2.90. The van der Waals surface area contributed by atoms with Crippen molar-refractivity contribution in [2.24, 2.45) is 0 Å². The molecule has 0 aromatic heterocycles. The number of nitrogens with zero attached hydrogens (tertiary/aromatic N) is 1. The van der Waals surface area contributed by atoms with Gasteiger partial charge < -0.3 is 25.0 Å². The molecular weight excluding hydrogens is 426 g/mol. The van der Waals surface area contributed by atoms with Crippen molar-refractivity contribution in [3.8, 4) is 12.3 Å². The van der Waals surface area contributed by atoms with Crippen molar-refractivity contribution >= 4 is 23.9 Å². The van der Waals surface area contributed by atoms with Crippen molar-refractivity contribution in [2.75, 3.05) is 20.2 Å². The van der Waals surface area contributed by atoms with Crippen LogP contribution in [0, 0.1) is 12.3 Å². The highest BCUT2D eigenvalue weighted by Crippen LogP contribution is 2.25. The van der Waals surface area contributed by atoms with E-state index in [4.69, 9.17) is 11.2 Å². The second-order valence-corrected chi connectivity index (χ2v) is 8.08. The van der Waals surface area contributed by atoms with Gasteiger partial charge in [-0.25, -0.2) is 4.79 Å². The lowest BCUT2D eigenvalue weighted by Gasteiger charge is -2.33. The van der Waals surface area contributed by atoms with Gasteiger partial charge in [0.05, 0.1) is 7.11 Å². The number of nitrogens with one attached hydrogen (secondary N) is 2. The lowest BCUT2D eigenvalue weighted by molar-refractivity contribution is -0.144. The summed E-state index contributed by atoms with van der Waals surface area (Å²) in [7, 11) is 1.19. The van der Waals surface area contributed by atoms with Crippen LogP contribution in [0.1, 0.15) is 44.9 Å². The second kappa shape index (κ2) is 12.3. The number of carbonyl (C=O) groups is 4. The van der Waals surface area contributed by atoms with Gasteiger partial charge in [0.25, 0.3) is 0 Å². The number of terminal acetylenes is 1. The first-order valence-corrected chi connectivity index (χ1v) is 10.3. The molecule has 0 heterocycles. The van der Waals surface area contributed by atoms with Crippen LogP contribution >= 0.6 is 0 Å². The molecule has 9 nitrogen and oxygen atoms in total. The molecule has 2 N–H and O–H groups in total. The molecule has 0 bridgehead atoms. The fraction of sp³-hybridized carbons (Fsp3) is 0.417. The van der Waals surface area contributed by atoms with Crippen molar-refractivity contribution in [3.05, 3.63) is 48.0 Å². The first-order chi connectivity index (χ1) is 15.4. The van der Waals surface area contributed by atoms with E-state index in [1.54, 1.807) is 45.0 Å². The van der Waals surface area contributed by atoms with Crippen molar-refractivity contribution in [1.29, 1.82) is 0 Å². The zero-order valence-electron chi connectivity index (χ0n) is 19.6. The summed E-state index contributed by atoms with van der Waals surface area (Å²) in [6.07, 6.45) is 6.28. The summed E-state index contributed by atoms with van der Waals surface area (Å²) < 4.78 is 9.77. The average molecular weight is 458 g/mol. The molecule has 9 heteroatoms. The van der Waals surface area contributed by atoms with E-state index in [0.29, 0.717) is 11.1 Å². The topological polar surface area (TPSA) is 114 Å². The van der Waals surface area contributed by atoms with Crippen molar-refractivity contribution in [3.63, 3.8) is 0 Å². The standard InChI is InChI=1S/C24H31N3O6/c1-8-14-27(22(30)16(3)26-23(31)33-24(4,5)6)20(21(29)25-15-19(28)32-7)18-13-11-10-12-17(18)9-2/h2,8,10-13,16,20H,1,14-15H2,3-7H3,(H,25,29)(H,26,31). The first kappa shape index (κ1) is 27.2. The Hall–Kier alpha value is -3.80. The molecule has 0 spiro atoms. The molecule has 2 unspecified atom stereocenters. The van der Waals surface area contributed by atoms with Gasteiger partial charge in [0.2, 0.25) is 11.8 Å². The van der Waals surface area contributed by atoms with Crippen molar-refractivity contribution < 1.29 is 28.7 Å². The molecule has 0 aliphatic rings. The summed E-state index contributed by atoms with van der Waals surface area (Å²) in [4.78, 5) is 51.4. The Morgan fingerprint density at radius 3 is 2.42 bits per heavy atom. The lowest BCUT2D eigenvalue weighted by atomic mass is 9.97. The summed E-state index contributed by atoms with van der Waals surface area (Å²) in [5, 5.41) is 4.94. The molecule has 1 aromatic rings. The van der Waals surface area contributed by atoms with Crippen LogP contribution in [0.15, 0.2) is 36.9 Å². The van der Waals surface area contributed by atoms with E-state index in [1.807, 2.05) is 0 Å². The van der Waals surface area contributed by atoms with E-state index >= 15 is 0 Å². The maximum absolute atomic E-state index is 13.3. The van der Waals surface area contributed by atoms with Gasteiger partial charge in [-0.2, -0.15) is 0 Å². The number of hydrogen-bond donors (Lipinski definition) is 2. The van der Waals surface area contributed by atoms with E-state index in [2.05, 4.69) is 27.9 Å². The smallest absolute Gasteiger partial charge is 0.408 e. The number of carbonyl (C=O) groups excluding carboxylic acids is 4. The number of benzene rings is 1. The van der Waals surface area contributed by atoms with E-state index in [0.717, 1.165) is 0 Å². The van der Waals surface area contributed by atoms with E-state index in [-0.39, 0.29) is 6.54 Å². The monoisotopic (exact) mass is 457 g/mol. The van der Waals surface area contributed by atoms with Gasteiger partial charge in [-0.1, -0.05) is 30.2 Å². The van der Waals surface area contributed by atoms with Crippen LogP contribution < -0.4 is 10.6 Å². The molecule has 1 rings (SSSR count). The van der Waals surface area contributed by atoms with Crippen LogP contribution in [-0.2, 0) is 23.9 Å². The summed E-state index contributed by atoms with van der Waals surface area (Å²) in [6, 6.07) is 4.40. The third-order valence-corrected chi connectivity index (χ3v) is 4.32. The summed E-state index contributed by atoms with van der Waals surface area (Å²) in [5.41, 5.74) is 0.0164. The minimum Gasteiger partial charge on any atom is -0.468 e. The minimum atomic E-state index is -1.20. The van der Waals surface area contributed by atoms with Crippen LogP contribution in [0.4, 0.5) is 4.79 Å². The highest BCUT2D eigenvalue weighted by atomic mass is 16.6. The Morgan fingerprint density at radius 2 is 1.88 bits per heavy atom. The van der Waals surface area contributed by atoms with Crippen molar-refractivity contribution in [2.45, 2.75) is 45.4 Å². The largest absolute Gasteiger partial charge is 0.468 e. The maximum Gasteiger partial charge on any atom is 0.408 e. The van der Waals surface area contributed by atoms with Gasteiger partial charge >= 0.3 is 12.1 Å². The molecule has 2 atom stereocenters. The number of rotatable bonds is 9. The SMILES string of the molecule is C#Cc1ccccc1C(C(=O)NCC(=O)OC)N(CC=C)C(=O)C(C)NC(=O)OC(C)(C)C. The zero-order chi connectivity index (χ0) is 25.2. The number of esters is 1. The minimum absolute atomic E-state index is 0.0333. The number of methoxy groups -OCH3 is 1. The molecule has 0 saturated heterocycles. The van der Waals surface area contributed by atoms with E-state index < -0.39 is 48.1 Å². The van der Waals surface area contributed by atoms with Crippen LogP contribution in [0.2, 0.25) is 0 Å². The molecular formula is C24H31N3O6. The van der Waals surface area contributed by atoms with Crippen molar-refractivity contribution in [1.82, 2.24) is 15.5 Å². The Balaban J connectivity index is 3.34. The molecule has 0 saturated carbocycles. The number of amides is 3. The number of alkyl carbamates (subject to hydrolysis) is 1. The molecule has 3 amide bonds. The Morgan fingerprint density at radius 1 is 1.24 bits per heavy atom. The Labute approximate surface area is 194 Å². The van der Waals surface area contributed by atoms with E-state index in [1.165, 1.54) is 25.0 Å². The van der Waals surface area contributed by atoms with Crippen LogP contribution in [-0.4, -0.2) is 60.6 Å². The number of hydrogen-bond acceptors (Lipinski definition) is 6. The van der Waals surface area contributed by atoms with Gasteiger partial charge in [0.1, 0.15) is 24.2 Å². The maximum atomic E-state index is 13.3. The molecule has 0 radical (unpaired) electrons. The molecule has 0 aliphatic heterocycles. The first-order valence-electron chi connectivity index (χ1n) is 10.3. The van der Waals surface area contributed by atoms with Crippen LogP contribution in [0.3, 0.4) is 0 Å². The highest BCUT2D eigenvalue weighted by molar-refractivity contribution is 5.93. The lowest BCUT2D eigenvalue weighted by Crippen LogP contribution is -2.52. The number of ether oxygens (including phenoxy) is 2. The predicted octanol–water partition coefficient (Wildman–Crippen LogP) is 1.93. The zero-order valence-corrected chi connectivity index (χ0v) is 19.6. The van der Waals surface area contributed by atoms with Crippen LogP contribution in [0.5, 0.6) is 0 Å². The fourth-order valence-corrected chi connectivity index (χ4v) is 2.90. The Kier molecular flexibility index (Phi) is 10.1. The molecule has 0 aliphatic carbocycles. The third kappa shape index (κ3) is 8.33. The summed E-state index contributed by atoms with van der Waals surface area (Å²) in [6.45, 7) is 9.79. The van der Waals surface area contributed by atoms with Gasteiger partial charge in [0, 0.05) is 12.1 Å². The summed E-state index contributed by atoms with van der Waals surface area (Å²) >= 11 is 0. The summed E-state index contributed by atoms with van der Waals surface area (Å²) in [5.74, 6) is 0.618. The third-order valence-electron chi connectivity index (χ3n) is 4.32. The average Bonchev–Trinajstić information content (AvgIpc) is 2.75. The van der Waals surface area contributed by atoms with E-state index in [9.17, 15) is 19.2 Å².